The SMILES string of the molecule is COC(=O)Nc1nc2cc(C(=O)c3ccccc3)ccc2[nH]1.CS(=O)(=O)O. The molecule has 0 radical (unpaired) electrons. The highest BCUT2D eigenvalue weighted by atomic mass is 32.2. The molecule has 0 spiro atoms. The van der Waals surface area contributed by atoms with Gasteiger partial charge in [-0.1, -0.05) is 30.3 Å². The number of ether oxygens (including phenoxy) is 1. The van der Waals surface area contributed by atoms with Crippen molar-refractivity contribution in [3.63, 3.8) is 0 Å². The van der Waals surface area contributed by atoms with E-state index in [1.54, 1.807) is 30.3 Å². The Bertz CT molecular complexity index is 1050. The Labute approximate surface area is 155 Å². The number of ketones is 1. The summed E-state index contributed by atoms with van der Waals surface area (Å²) in [5.74, 6) is 0.194. The molecule has 1 heterocycles. The minimum Gasteiger partial charge on any atom is -0.453 e. The molecule has 3 N–H and O–H groups in total. The maximum Gasteiger partial charge on any atom is 0.413 e. The Morgan fingerprint density at radius 2 is 1.74 bits per heavy atom. The summed E-state index contributed by atoms with van der Waals surface area (Å²) in [6.45, 7) is 0. The molecule has 0 saturated carbocycles. The van der Waals surface area contributed by atoms with Crippen LogP contribution in [0.1, 0.15) is 15.9 Å². The summed E-state index contributed by atoms with van der Waals surface area (Å²) in [7, 11) is -2.39. The van der Waals surface area contributed by atoms with Crippen molar-refractivity contribution in [3.05, 3.63) is 59.7 Å². The van der Waals surface area contributed by atoms with Crippen molar-refractivity contribution in [2.45, 2.75) is 0 Å². The van der Waals surface area contributed by atoms with Gasteiger partial charge in [-0.3, -0.25) is 14.7 Å². The predicted octanol–water partition coefficient (Wildman–Crippen LogP) is 2.48. The molecule has 3 rings (SSSR count). The van der Waals surface area contributed by atoms with Gasteiger partial charge in [-0.05, 0) is 18.2 Å². The molecular formula is C17H17N3O6S. The van der Waals surface area contributed by atoms with Crippen molar-refractivity contribution >= 4 is 39.0 Å². The van der Waals surface area contributed by atoms with Gasteiger partial charge in [0.15, 0.2) is 5.78 Å². The van der Waals surface area contributed by atoms with Gasteiger partial charge in [0.25, 0.3) is 10.1 Å². The summed E-state index contributed by atoms with van der Waals surface area (Å²) >= 11 is 0. The molecule has 0 saturated heterocycles. The van der Waals surface area contributed by atoms with Crippen molar-refractivity contribution in [2.24, 2.45) is 0 Å². The minimum absolute atomic E-state index is 0.0759. The van der Waals surface area contributed by atoms with E-state index in [1.165, 1.54) is 7.11 Å². The lowest BCUT2D eigenvalue weighted by atomic mass is 10.0. The lowest BCUT2D eigenvalue weighted by Crippen LogP contribution is -2.11. The molecule has 0 aliphatic carbocycles. The van der Waals surface area contributed by atoms with E-state index in [9.17, 15) is 18.0 Å². The number of H-pyrrole nitrogens is 1. The third kappa shape index (κ3) is 6.20. The fourth-order valence-corrected chi connectivity index (χ4v) is 2.11. The van der Waals surface area contributed by atoms with Gasteiger partial charge >= 0.3 is 6.09 Å². The molecule has 0 unspecified atom stereocenters. The number of nitrogens with one attached hydrogen (secondary N) is 2. The third-order valence-corrected chi connectivity index (χ3v) is 3.19. The summed E-state index contributed by atoms with van der Waals surface area (Å²) in [4.78, 5) is 30.7. The average molecular weight is 391 g/mol. The van der Waals surface area contributed by atoms with Gasteiger partial charge in [0.1, 0.15) is 0 Å². The number of benzene rings is 2. The molecule has 2 aromatic carbocycles. The van der Waals surface area contributed by atoms with Gasteiger partial charge in [0.05, 0.1) is 24.4 Å². The molecule has 1 amide bonds. The van der Waals surface area contributed by atoms with E-state index < -0.39 is 16.2 Å². The number of nitrogens with zero attached hydrogens (tertiary/aromatic N) is 1. The maximum atomic E-state index is 12.4. The molecule has 0 bridgehead atoms. The minimum atomic E-state index is -3.67. The second-order valence-electron chi connectivity index (χ2n) is 5.36. The van der Waals surface area contributed by atoms with Crippen LogP contribution in [0.25, 0.3) is 11.0 Å². The van der Waals surface area contributed by atoms with E-state index >= 15 is 0 Å². The van der Waals surface area contributed by atoms with E-state index in [-0.39, 0.29) is 11.7 Å². The molecule has 142 valence electrons. The Balaban J connectivity index is 0.000000465. The summed E-state index contributed by atoms with van der Waals surface area (Å²) < 4.78 is 30.4. The van der Waals surface area contributed by atoms with Crippen LogP contribution in [0.5, 0.6) is 0 Å². The Kier molecular flexibility index (Phi) is 6.27. The zero-order valence-electron chi connectivity index (χ0n) is 14.5. The average Bonchev–Trinajstić information content (AvgIpc) is 3.01. The van der Waals surface area contributed by atoms with Gasteiger partial charge < -0.3 is 9.72 Å². The molecule has 10 heteroatoms. The molecular weight excluding hydrogens is 374 g/mol. The second kappa shape index (κ2) is 8.43. The van der Waals surface area contributed by atoms with Crippen molar-refractivity contribution < 1.29 is 27.3 Å². The van der Waals surface area contributed by atoms with Crippen LogP contribution in [0.2, 0.25) is 0 Å². The number of imidazole rings is 1. The second-order valence-corrected chi connectivity index (χ2v) is 6.83. The van der Waals surface area contributed by atoms with E-state index in [0.29, 0.717) is 22.9 Å². The van der Waals surface area contributed by atoms with Crippen LogP contribution in [0.3, 0.4) is 0 Å². The van der Waals surface area contributed by atoms with Crippen LogP contribution in [0.15, 0.2) is 48.5 Å². The number of aromatic amines is 1. The number of carbonyl (C=O) groups excluding carboxylic acids is 2. The van der Waals surface area contributed by atoms with E-state index in [2.05, 4.69) is 20.0 Å². The van der Waals surface area contributed by atoms with Crippen LogP contribution in [-0.4, -0.2) is 48.2 Å². The number of aromatic nitrogens is 2. The number of anilines is 1. The highest BCUT2D eigenvalue weighted by molar-refractivity contribution is 7.85. The largest absolute Gasteiger partial charge is 0.453 e. The highest BCUT2D eigenvalue weighted by Crippen LogP contribution is 2.18. The van der Waals surface area contributed by atoms with E-state index in [0.717, 1.165) is 5.52 Å². The van der Waals surface area contributed by atoms with E-state index in [1.807, 2.05) is 18.2 Å². The van der Waals surface area contributed by atoms with Crippen LogP contribution >= 0.6 is 0 Å². The standard InChI is InChI=1S/C16H13N3O3.CH4O3S/c1-22-16(21)19-15-17-12-8-7-11(9-13(12)18-15)14(20)10-5-3-2-4-6-10;1-5(2,3)4/h2-9H,1H3,(H2,17,18,19,21);1H3,(H,2,3,4). The Morgan fingerprint density at radius 3 is 2.33 bits per heavy atom. The normalized spacial score (nSPS) is 10.6. The van der Waals surface area contributed by atoms with Crippen LogP contribution in [-0.2, 0) is 14.9 Å². The van der Waals surface area contributed by atoms with Crippen LogP contribution < -0.4 is 5.32 Å². The van der Waals surface area contributed by atoms with Crippen molar-refractivity contribution in [1.82, 2.24) is 9.97 Å². The van der Waals surface area contributed by atoms with Gasteiger partial charge in [-0.15, -0.1) is 0 Å². The first-order valence-electron chi connectivity index (χ1n) is 7.54. The lowest BCUT2D eigenvalue weighted by molar-refractivity contribution is 0.103. The molecule has 0 fully saturated rings. The van der Waals surface area contributed by atoms with Crippen LogP contribution in [0.4, 0.5) is 10.7 Å². The monoisotopic (exact) mass is 391 g/mol. The number of fused-ring (bicyclic) bond motifs is 1. The maximum absolute atomic E-state index is 12.4. The molecule has 27 heavy (non-hydrogen) atoms. The van der Waals surface area contributed by atoms with Crippen LogP contribution in [0, 0.1) is 0 Å². The molecule has 1 aromatic heterocycles. The van der Waals surface area contributed by atoms with Crippen molar-refractivity contribution in [1.29, 1.82) is 0 Å². The van der Waals surface area contributed by atoms with Gasteiger partial charge in [0, 0.05) is 11.1 Å². The number of amides is 1. The summed E-state index contributed by atoms with van der Waals surface area (Å²) in [5, 5.41) is 2.45. The first-order valence-corrected chi connectivity index (χ1v) is 9.39. The number of hydrogen-bond donors (Lipinski definition) is 3. The molecule has 9 nitrogen and oxygen atoms in total. The zero-order valence-corrected chi connectivity index (χ0v) is 15.3. The zero-order chi connectivity index (χ0) is 20.0. The van der Waals surface area contributed by atoms with Crippen molar-refractivity contribution in [3.8, 4) is 0 Å². The third-order valence-electron chi connectivity index (χ3n) is 3.19. The van der Waals surface area contributed by atoms with Crippen molar-refractivity contribution in [2.75, 3.05) is 18.7 Å². The first-order chi connectivity index (χ1) is 12.7. The summed E-state index contributed by atoms with van der Waals surface area (Å²) in [6.07, 6.45) is 0.104. The van der Waals surface area contributed by atoms with Gasteiger partial charge in [0.2, 0.25) is 5.95 Å². The predicted molar refractivity (Wildman–Crippen MR) is 99.5 cm³/mol. The highest BCUT2D eigenvalue weighted by Gasteiger charge is 2.12. The number of methoxy groups -OCH3 is 1. The molecule has 3 aromatic rings. The fourth-order valence-electron chi connectivity index (χ4n) is 2.11. The topological polar surface area (TPSA) is 138 Å². The molecule has 0 aliphatic heterocycles. The number of rotatable bonds is 3. The van der Waals surface area contributed by atoms with Gasteiger partial charge in [-0.25, -0.2) is 9.78 Å². The van der Waals surface area contributed by atoms with E-state index in [4.69, 9.17) is 4.55 Å². The number of carbonyl (C=O) groups is 2. The summed E-state index contributed by atoms with van der Waals surface area (Å²) in [6, 6.07) is 14.2. The number of hydrogen-bond acceptors (Lipinski definition) is 6. The quantitative estimate of drug-likeness (QED) is 0.460. The smallest absolute Gasteiger partial charge is 0.413 e. The molecule has 0 aliphatic rings. The fraction of sp³-hybridized carbons (Fsp3) is 0.118. The lowest BCUT2D eigenvalue weighted by Gasteiger charge is -2.00. The van der Waals surface area contributed by atoms with Gasteiger partial charge in [-0.2, -0.15) is 8.42 Å². The molecule has 0 atom stereocenters. The Morgan fingerprint density at radius 1 is 1.11 bits per heavy atom. The summed E-state index contributed by atoms with van der Waals surface area (Å²) in [5.41, 5.74) is 2.46. The first kappa shape index (κ1) is 20.1. The Hall–Kier alpha value is -3.24.